The molecule has 0 saturated carbocycles. The van der Waals surface area contributed by atoms with Gasteiger partial charge in [-0.3, -0.25) is 14.9 Å². The van der Waals surface area contributed by atoms with Crippen molar-refractivity contribution < 1.29 is 27.5 Å². The molecule has 0 atom stereocenters. The summed E-state index contributed by atoms with van der Waals surface area (Å²) >= 11 is 0. The van der Waals surface area contributed by atoms with Crippen LogP contribution < -0.4 is 15.4 Å². The van der Waals surface area contributed by atoms with Gasteiger partial charge >= 0.3 is 12.0 Å². The van der Waals surface area contributed by atoms with Crippen molar-refractivity contribution in [3.05, 3.63) is 27.8 Å². The van der Waals surface area contributed by atoms with E-state index in [1.54, 1.807) is 20.8 Å². The zero-order chi connectivity index (χ0) is 22.4. The smallest absolute Gasteiger partial charge is 0.321 e. The Morgan fingerprint density at radius 2 is 1.41 bits per heavy atom. The Hall–Kier alpha value is -2.46. The maximum Gasteiger partial charge on any atom is 0.321 e. The molecule has 1 rings (SSSR count). The highest BCUT2D eigenvalue weighted by Gasteiger charge is 2.23. The summed E-state index contributed by atoms with van der Waals surface area (Å²) in [4.78, 5) is 34.6. The highest BCUT2D eigenvalue weighted by molar-refractivity contribution is 7.89. The minimum absolute atomic E-state index is 0.177. The van der Waals surface area contributed by atoms with Crippen molar-refractivity contribution in [2.75, 3.05) is 19.7 Å². The van der Waals surface area contributed by atoms with Gasteiger partial charge in [0.05, 0.1) is 11.3 Å². The van der Waals surface area contributed by atoms with Crippen molar-refractivity contribution in [1.29, 1.82) is 0 Å². The number of amides is 3. The van der Waals surface area contributed by atoms with Gasteiger partial charge in [0.25, 0.3) is 5.91 Å². The first-order valence-electron chi connectivity index (χ1n) is 9.22. The lowest BCUT2D eigenvalue weighted by Gasteiger charge is -2.19. The van der Waals surface area contributed by atoms with E-state index in [1.165, 1.54) is 0 Å². The van der Waals surface area contributed by atoms with E-state index in [4.69, 9.17) is 4.74 Å². The monoisotopic (exact) mass is 427 g/mol. The second-order valence-electron chi connectivity index (χ2n) is 6.67. The molecule has 0 unspecified atom stereocenters. The number of hydrogen-bond acceptors (Lipinski definition) is 6. The summed E-state index contributed by atoms with van der Waals surface area (Å²) in [5.74, 6) is -1.54. The standard InChI is InChI=1S/C19H29N3O6S/c1-7-20-19(25)22-16(23)10-28-17(24)8-9-21-29(26,27)18-14(5)12(3)11(2)13(4)15(18)6/h21H,7-10H2,1-6H3,(H2,20,22,23,25). The highest BCUT2D eigenvalue weighted by Crippen LogP contribution is 2.29. The number of rotatable bonds is 8. The Labute approximate surface area is 171 Å². The number of esters is 1. The Kier molecular flexibility index (Phi) is 8.78. The lowest BCUT2D eigenvalue weighted by molar-refractivity contribution is -0.148. The topological polar surface area (TPSA) is 131 Å². The first-order chi connectivity index (χ1) is 13.4. The van der Waals surface area contributed by atoms with Crippen LogP contribution in [0.2, 0.25) is 0 Å². The molecule has 0 spiro atoms. The summed E-state index contributed by atoms with van der Waals surface area (Å²) in [5.41, 5.74) is 4.20. The Morgan fingerprint density at radius 3 is 1.93 bits per heavy atom. The van der Waals surface area contributed by atoms with Crippen LogP contribution in [0.25, 0.3) is 0 Å². The first-order valence-corrected chi connectivity index (χ1v) is 10.7. The van der Waals surface area contributed by atoms with Crippen LogP contribution in [0.5, 0.6) is 0 Å². The van der Waals surface area contributed by atoms with E-state index in [2.05, 4.69) is 10.0 Å². The molecule has 29 heavy (non-hydrogen) atoms. The van der Waals surface area contributed by atoms with E-state index < -0.39 is 34.5 Å². The molecule has 3 amide bonds. The fourth-order valence-electron chi connectivity index (χ4n) is 2.81. The van der Waals surface area contributed by atoms with Gasteiger partial charge in [-0.05, 0) is 69.4 Å². The minimum atomic E-state index is -3.82. The van der Waals surface area contributed by atoms with E-state index in [-0.39, 0.29) is 17.9 Å². The van der Waals surface area contributed by atoms with Gasteiger partial charge in [0, 0.05) is 13.1 Å². The Morgan fingerprint density at radius 1 is 0.897 bits per heavy atom. The second-order valence-corrected chi connectivity index (χ2v) is 8.37. The molecule has 9 nitrogen and oxygen atoms in total. The predicted octanol–water partition coefficient (Wildman–Crippen LogP) is 1.29. The van der Waals surface area contributed by atoms with Crippen molar-refractivity contribution in [2.45, 2.75) is 52.9 Å². The van der Waals surface area contributed by atoms with Crippen LogP contribution in [0.1, 0.15) is 41.2 Å². The quantitative estimate of drug-likeness (QED) is 0.536. The van der Waals surface area contributed by atoms with Gasteiger partial charge in [0.2, 0.25) is 10.0 Å². The summed E-state index contributed by atoms with van der Waals surface area (Å²) < 4.78 is 32.6. The van der Waals surface area contributed by atoms with Crippen LogP contribution >= 0.6 is 0 Å². The van der Waals surface area contributed by atoms with Gasteiger partial charge in [-0.15, -0.1) is 0 Å². The molecule has 10 heteroatoms. The fourth-order valence-corrected chi connectivity index (χ4v) is 4.44. The molecule has 162 valence electrons. The van der Waals surface area contributed by atoms with E-state index >= 15 is 0 Å². The van der Waals surface area contributed by atoms with Crippen LogP contribution in [-0.2, 0) is 24.3 Å². The van der Waals surface area contributed by atoms with Gasteiger partial charge in [-0.1, -0.05) is 0 Å². The van der Waals surface area contributed by atoms with Crippen LogP contribution in [0.15, 0.2) is 4.90 Å². The van der Waals surface area contributed by atoms with Gasteiger partial charge in [-0.2, -0.15) is 0 Å². The molecule has 0 fully saturated rings. The minimum Gasteiger partial charge on any atom is -0.456 e. The molecule has 0 heterocycles. The summed E-state index contributed by atoms with van der Waals surface area (Å²) in [6, 6.07) is -0.685. The second kappa shape index (κ2) is 10.4. The molecule has 1 aromatic carbocycles. The number of imide groups is 1. The molecule has 0 aliphatic rings. The third-order valence-electron chi connectivity index (χ3n) is 4.78. The molecule has 0 aromatic heterocycles. The largest absolute Gasteiger partial charge is 0.456 e. The number of urea groups is 1. The van der Waals surface area contributed by atoms with Gasteiger partial charge < -0.3 is 10.1 Å². The predicted molar refractivity (Wildman–Crippen MR) is 108 cm³/mol. The third kappa shape index (κ3) is 6.53. The zero-order valence-corrected chi connectivity index (χ0v) is 18.5. The molecule has 0 saturated heterocycles. The lowest BCUT2D eigenvalue weighted by Crippen LogP contribution is -2.41. The Bertz CT molecular complexity index is 880. The number of carbonyl (C=O) groups is 3. The number of nitrogens with one attached hydrogen (secondary N) is 3. The number of carbonyl (C=O) groups excluding carboxylic acids is 3. The molecular weight excluding hydrogens is 398 g/mol. The Balaban J connectivity index is 2.65. The molecule has 0 bridgehead atoms. The third-order valence-corrected chi connectivity index (χ3v) is 6.51. The lowest BCUT2D eigenvalue weighted by atomic mass is 9.95. The van der Waals surface area contributed by atoms with Crippen LogP contribution in [0.4, 0.5) is 4.79 Å². The first kappa shape index (κ1) is 24.6. The molecule has 0 radical (unpaired) electrons. The highest BCUT2D eigenvalue weighted by atomic mass is 32.2. The van der Waals surface area contributed by atoms with E-state index in [0.717, 1.165) is 16.7 Å². The van der Waals surface area contributed by atoms with Gasteiger partial charge in [0.15, 0.2) is 6.61 Å². The molecule has 3 N–H and O–H groups in total. The normalized spacial score (nSPS) is 11.1. The SMILES string of the molecule is CCNC(=O)NC(=O)COC(=O)CCNS(=O)(=O)c1c(C)c(C)c(C)c(C)c1C. The molecule has 0 aliphatic carbocycles. The van der Waals surface area contributed by atoms with Crippen LogP contribution in [0, 0.1) is 34.6 Å². The van der Waals surface area contributed by atoms with Crippen molar-refractivity contribution in [3.63, 3.8) is 0 Å². The number of sulfonamides is 1. The summed E-state index contributed by atoms with van der Waals surface area (Å²) in [5, 5.41) is 4.35. The average molecular weight is 428 g/mol. The molecule has 0 aliphatic heterocycles. The van der Waals surface area contributed by atoms with Crippen LogP contribution in [0.3, 0.4) is 0 Å². The van der Waals surface area contributed by atoms with Crippen molar-refractivity contribution in [1.82, 2.24) is 15.4 Å². The number of benzene rings is 1. The van der Waals surface area contributed by atoms with Gasteiger partial charge in [-0.25, -0.2) is 17.9 Å². The van der Waals surface area contributed by atoms with Crippen LogP contribution in [-0.4, -0.2) is 46.0 Å². The summed E-state index contributed by atoms with van der Waals surface area (Å²) in [7, 11) is -3.82. The number of ether oxygens (including phenoxy) is 1. The van der Waals surface area contributed by atoms with E-state index in [0.29, 0.717) is 17.7 Å². The molecular formula is C19H29N3O6S. The zero-order valence-electron chi connectivity index (χ0n) is 17.7. The summed E-state index contributed by atoms with van der Waals surface area (Å²) in [6.07, 6.45) is -0.254. The van der Waals surface area contributed by atoms with E-state index in [9.17, 15) is 22.8 Å². The fraction of sp³-hybridized carbons (Fsp3) is 0.526. The maximum absolute atomic E-state index is 12.7. The van der Waals surface area contributed by atoms with Crippen molar-refractivity contribution in [3.8, 4) is 0 Å². The van der Waals surface area contributed by atoms with Crippen molar-refractivity contribution >= 4 is 27.9 Å². The van der Waals surface area contributed by atoms with Gasteiger partial charge in [0.1, 0.15) is 0 Å². The van der Waals surface area contributed by atoms with Crippen molar-refractivity contribution in [2.24, 2.45) is 0 Å². The summed E-state index contributed by atoms with van der Waals surface area (Å²) in [6.45, 7) is 10.4. The molecule has 1 aromatic rings. The number of hydrogen-bond donors (Lipinski definition) is 3. The van der Waals surface area contributed by atoms with E-state index in [1.807, 2.05) is 26.1 Å². The average Bonchev–Trinajstić information content (AvgIpc) is 2.63. The maximum atomic E-state index is 12.7.